The van der Waals surface area contributed by atoms with Crippen LogP contribution in [0.1, 0.15) is 11.0 Å². The van der Waals surface area contributed by atoms with Gasteiger partial charge in [0.05, 0.1) is 6.54 Å². The summed E-state index contributed by atoms with van der Waals surface area (Å²) in [6.07, 6.45) is 1.98. The Morgan fingerprint density at radius 1 is 1.39 bits per heavy atom. The molecule has 0 spiro atoms. The number of thiophene rings is 1. The van der Waals surface area contributed by atoms with Crippen LogP contribution >= 0.6 is 11.3 Å². The van der Waals surface area contributed by atoms with Crippen molar-refractivity contribution in [3.05, 3.63) is 52.3 Å². The maximum atomic E-state index is 5.75. The first-order chi connectivity index (χ1) is 8.83. The molecular formula is C13H13N3OS. The molecule has 0 aliphatic carbocycles. The molecule has 0 saturated carbocycles. The van der Waals surface area contributed by atoms with Crippen molar-refractivity contribution in [1.29, 1.82) is 0 Å². The van der Waals surface area contributed by atoms with Gasteiger partial charge in [0, 0.05) is 18.1 Å². The van der Waals surface area contributed by atoms with Gasteiger partial charge in [-0.2, -0.15) is 4.99 Å². The van der Waals surface area contributed by atoms with Crippen molar-refractivity contribution in [2.75, 3.05) is 6.54 Å². The first kappa shape index (κ1) is 11.2. The summed E-state index contributed by atoms with van der Waals surface area (Å²) in [5, 5.41) is 2.05. The van der Waals surface area contributed by atoms with E-state index >= 15 is 0 Å². The van der Waals surface area contributed by atoms with Gasteiger partial charge in [0.25, 0.3) is 0 Å². The molecule has 0 fully saturated rings. The number of ether oxygens (including phenoxy) is 1. The highest BCUT2D eigenvalue weighted by molar-refractivity contribution is 7.10. The highest BCUT2D eigenvalue weighted by Gasteiger charge is 2.21. The molecule has 0 saturated heterocycles. The van der Waals surface area contributed by atoms with Crippen LogP contribution in [-0.2, 0) is 11.8 Å². The Morgan fingerprint density at radius 3 is 3.11 bits per heavy atom. The average molecular weight is 259 g/mol. The average Bonchev–Trinajstić information content (AvgIpc) is 3.02. The number of pyridine rings is 1. The molecule has 18 heavy (non-hydrogen) atoms. The van der Waals surface area contributed by atoms with Crippen LogP contribution in [0.3, 0.4) is 0 Å². The molecule has 2 aromatic heterocycles. The number of amidine groups is 1. The predicted molar refractivity (Wildman–Crippen MR) is 71.4 cm³/mol. The second-order valence-corrected chi connectivity index (χ2v) is 5.01. The van der Waals surface area contributed by atoms with Crippen LogP contribution in [-0.4, -0.2) is 17.1 Å². The molecule has 92 valence electrons. The zero-order valence-corrected chi connectivity index (χ0v) is 10.8. The predicted octanol–water partition coefficient (Wildman–Crippen LogP) is 2.11. The van der Waals surface area contributed by atoms with Gasteiger partial charge in [0.1, 0.15) is 5.49 Å². The lowest BCUT2D eigenvalue weighted by Crippen LogP contribution is -2.18. The van der Waals surface area contributed by atoms with E-state index in [0.717, 1.165) is 5.49 Å². The van der Waals surface area contributed by atoms with E-state index in [1.807, 2.05) is 47.5 Å². The van der Waals surface area contributed by atoms with Crippen molar-refractivity contribution in [2.45, 2.75) is 6.10 Å². The largest absolute Gasteiger partial charge is 0.453 e. The Morgan fingerprint density at radius 2 is 2.33 bits per heavy atom. The molecule has 0 N–H and O–H groups in total. The quantitative estimate of drug-likeness (QED) is 0.773. The fourth-order valence-corrected chi connectivity index (χ4v) is 2.52. The Kier molecular flexibility index (Phi) is 2.98. The van der Waals surface area contributed by atoms with Gasteiger partial charge < -0.3 is 9.30 Å². The lowest BCUT2D eigenvalue weighted by Gasteiger charge is -2.06. The van der Waals surface area contributed by atoms with Gasteiger partial charge in [0.15, 0.2) is 6.10 Å². The molecule has 1 aliphatic heterocycles. The van der Waals surface area contributed by atoms with E-state index in [1.165, 1.54) is 4.88 Å². The van der Waals surface area contributed by atoms with E-state index in [4.69, 9.17) is 4.74 Å². The van der Waals surface area contributed by atoms with Crippen LogP contribution in [0.25, 0.3) is 0 Å². The molecule has 0 bridgehead atoms. The topological polar surface area (TPSA) is 38.9 Å². The summed E-state index contributed by atoms with van der Waals surface area (Å²) >= 11 is 1.69. The second-order valence-electron chi connectivity index (χ2n) is 4.03. The summed E-state index contributed by atoms with van der Waals surface area (Å²) in [6, 6.07) is 10.4. The van der Waals surface area contributed by atoms with Crippen molar-refractivity contribution in [3.8, 4) is 0 Å². The highest BCUT2D eigenvalue weighted by Crippen LogP contribution is 2.26. The first-order valence-electron chi connectivity index (χ1n) is 5.74. The summed E-state index contributed by atoms with van der Waals surface area (Å²) in [7, 11) is 1.95. The van der Waals surface area contributed by atoms with Crippen LogP contribution in [0.2, 0.25) is 0 Å². The van der Waals surface area contributed by atoms with E-state index in [2.05, 4.69) is 16.1 Å². The molecule has 0 radical (unpaired) electrons. The van der Waals surface area contributed by atoms with Gasteiger partial charge in [-0.05, 0) is 23.6 Å². The molecule has 2 aromatic rings. The van der Waals surface area contributed by atoms with Gasteiger partial charge in [-0.25, -0.2) is 4.99 Å². The monoisotopic (exact) mass is 259 g/mol. The normalized spacial score (nSPS) is 19.7. The van der Waals surface area contributed by atoms with Crippen LogP contribution in [0.15, 0.2) is 51.9 Å². The minimum absolute atomic E-state index is 0.0257. The lowest BCUT2D eigenvalue weighted by atomic mass is 10.3. The van der Waals surface area contributed by atoms with Crippen molar-refractivity contribution in [3.63, 3.8) is 0 Å². The Balaban J connectivity index is 1.81. The third-order valence-electron chi connectivity index (χ3n) is 2.74. The third kappa shape index (κ3) is 2.22. The summed E-state index contributed by atoms with van der Waals surface area (Å²) in [5.74, 6) is 0. The van der Waals surface area contributed by atoms with Crippen molar-refractivity contribution in [1.82, 2.24) is 4.57 Å². The number of aryl methyl sites for hydroxylation is 1. The van der Waals surface area contributed by atoms with Crippen LogP contribution < -0.4 is 5.49 Å². The van der Waals surface area contributed by atoms with Gasteiger partial charge in [-0.3, -0.25) is 0 Å². The molecular weight excluding hydrogens is 246 g/mol. The molecule has 1 atom stereocenters. The zero-order chi connectivity index (χ0) is 12.4. The molecule has 1 aliphatic rings. The number of hydrogen-bond acceptors (Lipinski definition) is 4. The fourth-order valence-electron chi connectivity index (χ4n) is 1.78. The molecule has 0 amide bonds. The standard InChI is InChI=1S/C13H13N3OS/c1-16-7-3-2-6-12(16)15-13-14-9-10(17-13)11-5-4-8-18-11/h2-8,10H,9H2,1H3/b15-12+. The lowest BCUT2D eigenvalue weighted by molar-refractivity contribution is 0.229. The van der Waals surface area contributed by atoms with Gasteiger partial charge >= 0.3 is 6.02 Å². The SMILES string of the molecule is Cn1cccc/c1=N\C1=NCC(c2cccs2)O1. The van der Waals surface area contributed by atoms with E-state index in [1.54, 1.807) is 11.3 Å². The second kappa shape index (κ2) is 4.78. The van der Waals surface area contributed by atoms with E-state index in [0.29, 0.717) is 12.6 Å². The summed E-state index contributed by atoms with van der Waals surface area (Å²) < 4.78 is 7.68. The number of hydrogen-bond donors (Lipinski definition) is 0. The number of aromatic nitrogens is 1. The number of rotatable bonds is 1. The van der Waals surface area contributed by atoms with E-state index in [-0.39, 0.29) is 6.10 Å². The van der Waals surface area contributed by atoms with E-state index < -0.39 is 0 Å². The molecule has 3 rings (SSSR count). The van der Waals surface area contributed by atoms with Gasteiger partial charge in [0.2, 0.25) is 0 Å². The van der Waals surface area contributed by atoms with Crippen LogP contribution in [0.5, 0.6) is 0 Å². The van der Waals surface area contributed by atoms with Crippen LogP contribution in [0, 0.1) is 0 Å². The minimum Gasteiger partial charge on any atom is -0.453 e. The number of aliphatic imine (C=N–C) groups is 1. The molecule has 5 heteroatoms. The number of nitrogens with zero attached hydrogens (tertiary/aromatic N) is 3. The summed E-state index contributed by atoms with van der Waals surface area (Å²) in [5.41, 5.74) is 0.836. The maximum absolute atomic E-state index is 5.75. The van der Waals surface area contributed by atoms with Gasteiger partial charge in [-0.15, -0.1) is 11.3 Å². The molecule has 1 unspecified atom stereocenters. The summed E-state index contributed by atoms with van der Waals surface area (Å²) in [6.45, 7) is 0.649. The van der Waals surface area contributed by atoms with Crippen molar-refractivity contribution in [2.24, 2.45) is 17.0 Å². The smallest absolute Gasteiger partial charge is 0.314 e. The van der Waals surface area contributed by atoms with E-state index in [9.17, 15) is 0 Å². The van der Waals surface area contributed by atoms with Crippen LogP contribution in [0.4, 0.5) is 0 Å². The summed E-state index contributed by atoms with van der Waals surface area (Å²) in [4.78, 5) is 9.94. The highest BCUT2D eigenvalue weighted by atomic mass is 32.1. The van der Waals surface area contributed by atoms with Crippen molar-refractivity contribution >= 4 is 17.4 Å². The Labute approximate surface area is 109 Å². The maximum Gasteiger partial charge on any atom is 0.314 e. The molecule has 4 nitrogen and oxygen atoms in total. The zero-order valence-electron chi connectivity index (χ0n) is 9.98. The molecule has 3 heterocycles. The minimum atomic E-state index is 0.0257. The van der Waals surface area contributed by atoms with Crippen molar-refractivity contribution < 1.29 is 4.74 Å². The van der Waals surface area contributed by atoms with Gasteiger partial charge in [-0.1, -0.05) is 12.1 Å². The first-order valence-corrected chi connectivity index (χ1v) is 6.62. The third-order valence-corrected chi connectivity index (χ3v) is 3.70. The fraction of sp³-hybridized carbons (Fsp3) is 0.231. The molecule has 0 aromatic carbocycles. The Bertz CT molecular complexity index is 628. The Hall–Kier alpha value is -1.88.